The van der Waals surface area contributed by atoms with Crippen LogP contribution in [0.2, 0.25) is 5.02 Å². The summed E-state index contributed by atoms with van der Waals surface area (Å²) < 4.78 is 80.7. The van der Waals surface area contributed by atoms with Crippen LogP contribution in [0.1, 0.15) is 32.9 Å². The van der Waals surface area contributed by atoms with Gasteiger partial charge in [-0.25, -0.2) is 0 Å². The molecule has 1 heterocycles. The molecule has 164 valence electrons. The maximum Gasteiger partial charge on any atom is 0.418 e. The first kappa shape index (κ1) is 22.7. The molecule has 0 unspecified atom stereocenters. The summed E-state index contributed by atoms with van der Waals surface area (Å²) >= 11 is 5.58. The predicted octanol–water partition coefficient (Wildman–Crippen LogP) is 7.04. The van der Waals surface area contributed by atoms with Crippen LogP contribution in [-0.4, -0.2) is 10.5 Å². The second-order valence-electron chi connectivity index (χ2n) is 6.78. The van der Waals surface area contributed by atoms with Gasteiger partial charge in [0.25, 0.3) is 5.91 Å². The van der Waals surface area contributed by atoms with E-state index in [1.165, 1.54) is 48.7 Å². The average Bonchev–Trinajstić information content (AvgIpc) is 2.96. The van der Waals surface area contributed by atoms with Gasteiger partial charge in [-0.05, 0) is 50.2 Å². The Morgan fingerprint density at radius 3 is 2.13 bits per heavy atom. The van der Waals surface area contributed by atoms with Gasteiger partial charge in [0.15, 0.2) is 0 Å². The number of nitrogens with zero attached hydrogens (tertiary/aromatic N) is 1. The van der Waals surface area contributed by atoms with E-state index < -0.39 is 34.4 Å². The third-order valence-electron chi connectivity index (χ3n) is 4.66. The highest BCUT2D eigenvalue weighted by Crippen LogP contribution is 2.37. The first-order valence-electron chi connectivity index (χ1n) is 8.84. The Kier molecular flexibility index (Phi) is 5.84. The quantitative estimate of drug-likeness (QED) is 0.418. The average molecular weight is 461 g/mol. The smallest absolute Gasteiger partial charge is 0.322 e. The van der Waals surface area contributed by atoms with Crippen molar-refractivity contribution in [1.29, 1.82) is 0 Å². The maximum atomic E-state index is 13.4. The van der Waals surface area contributed by atoms with Crippen molar-refractivity contribution in [3.8, 4) is 5.69 Å². The third kappa shape index (κ3) is 4.56. The molecule has 0 aliphatic carbocycles. The highest BCUT2D eigenvalue weighted by Gasteiger charge is 2.35. The Hall–Kier alpha value is -2.94. The molecule has 0 saturated carbocycles. The summed E-state index contributed by atoms with van der Waals surface area (Å²) in [5.41, 5.74) is -1.72. The number of carbonyl (C=O) groups excluding carboxylic acids is 1. The van der Waals surface area contributed by atoms with Gasteiger partial charge in [0, 0.05) is 17.1 Å². The molecule has 1 N–H and O–H groups in total. The van der Waals surface area contributed by atoms with Crippen LogP contribution >= 0.6 is 11.6 Å². The van der Waals surface area contributed by atoms with E-state index in [0.717, 1.165) is 12.1 Å². The number of aromatic nitrogens is 1. The van der Waals surface area contributed by atoms with Crippen molar-refractivity contribution in [3.63, 3.8) is 0 Å². The van der Waals surface area contributed by atoms with Crippen molar-refractivity contribution in [1.82, 2.24) is 4.57 Å². The van der Waals surface area contributed by atoms with Crippen LogP contribution in [-0.2, 0) is 12.4 Å². The van der Waals surface area contributed by atoms with E-state index in [-0.39, 0.29) is 22.6 Å². The number of anilines is 1. The number of halogens is 7. The second-order valence-corrected chi connectivity index (χ2v) is 7.19. The van der Waals surface area contributed by atoms with E-state index in [2.05, 4.69) is 5.32 Å². The monoisotopic (exact) mass is 460 g/mol. The van der Waals surface area contributed by atoms with Gasteiger partial charge in [0.1, 0.15) is 0 Å². The SMILES string of the molecule is Cc1cc(C(=O)Nc2ccc(Cl)c(C(F)(F)F)c2)c(C)n1-c1ccccc1C(F)(F)F. The minimum Gasteiger partial charge on any atom is -0.322 e. The number of alkyl halides is 6. The lowest BCUT2D eigenvalue weighted by atomic mass is 10.1. The first-order valence-corrected chi connectivity index (χ1v) is 9.22. The van der Waals surface area contributed by atoms with Crippen molar-refractivity contribution < 1.29 is 31.1 Å². The summed E-state index contributed by atoms with van der Waals surface area (Å²) in [6, 6.07) is 9.18. The Labute approximate surface area is 178 Å². The molecule has 0 spiro atoms. The molecule has 0 aliphatic rings. The van der Waals surface area contributed by atoms with E-state index >= 15 is 0 Å². The molecule has 0 aliphatic heterocycles. The lowest BCUT2D eigenvalue weighted by molar-refractivity contribution is -0.138. The molecule has 0 saturated heterocycles. The molecule has 3 rings (SSSR count). The normalized spacial score (nSPS) is 12.2. The zero-order valence-electron chi connectivity index (χ0n) is 16.1. The molecule has 0 atom stereocenters. The lowest BCUT2D eigenvalue weighted by Gasteiger charge is -2.17. The van der Waals surface area contributed by atoms with E-state index in [9.17, 15) is 31.1 Å². The molecule has 10 heteroatoms. The summed E-state index contributed by atoms with van der Waals surface area (Å²) in [5.74, 6) is -0.765. The fourth-order valence-corrected chi connectivity index (χ4v) is 3.52. The van der Waals surface area contributed by atoms with E-state index in [1.807, 2.05) is 0 Å². The maximum absolute atomic E-state index is 13.4. The number of nitrogens with one attached hydrogen (secondary N) is 1. The molecule has 2 aromatic carbocycles. The van der Waals surface area contributed by atoms with Crippen LogP contribution in [0.4, 0.5) is 32.0 Å². The largest absolute Gasteiger partial charge is 0.418 e. The van der Waals surface area contributed by atoms with Crippen LogP contribution in [0.5, 0.6) is 0 Å². The van der Waals surface area contributed by atoms with Crippen LogP contribution < -0.4 is 5.32 Å². The van der Waals surface area contributed by atoms with E-state index in [0.29, 0.717) is 11.8 Å². The zero-order valence-corrected chi connectivity index (χ0v) is 16.9. The Balaban J connectivity index is 2.00. The highest BCUT2D eigenvalue weighted by atomic mass is 35.5. The number of carbonyl (C=O) groups is 1. The van der Waals surface area contributed by atoms with Gasteiger partial charge >= 0.3 is 12.4 Å². The molecule has 3 aromatic rings. The van der Waals surface area contributed by atoms with Crippen molar-refractivity contribution in [2.45, 2.75) is 26.2 Å². The van der Waals surface area contributed by atoms with Crippen molar-refractivity contribution in [2.24, 2.45) is 0 Å². The molecule has 0 radical (unpaired) electrons. The molecule has 31 heavy (non-hydrogen) atoms. The molecule has 0 bridgehead atoms. The second kappa shape index (κ2) is 7.96. The van der Waals surface area contributed by atoms with Gasteiger partial charge in [0.05, 0.1) is 27.4 Å². The van der Waals surface area contributed by atoms with Gasteiger partial charge < -0.3 is 9.88 Å². The van der Waals surface area contributed by atoms with Crippen LogP contribution in [0, 0.1) is 13.8 Å². The molecular formula is C21H15ClF6N2O. The van der Waals surface area contributed by atoms with Gasteiger partial charge in [-0.2, -0.15) is 26.3 Å². The minimum atomic E-state index is -4.71. The summed E-state index contributed by atoms with van der Waals surface area (Å²) in [6.45, 7) is 2.99. The molecule has 3 nitrogen and oxygen atoms in total. The molecule has 0 fully saturated rings. The van der Waals surface area contributed by atoms with Gasteiger partial charge in [-0.15, -0.1) is 0 Å². The summed E-state index contributed by atoms with van der Waals surface area (Å²) in [5, 5.41) is 1.82. The van der Waals surface area contributed by atoms with Crippen molar-refractivity contribution in [3.05, 3.63) is 81.6 Å². The molecule has 1 aromatic heterocycles. The number of amides is 1. The fraction of sp³-hybridized carbons (Fsp3) is 0.190. The number of hydrogen-bond acceptors (Lipinski definition) is 1. The number of rotatable bonds is 3. The number of benzene rings is 2. The standard InChI is InChI=1S/C21H15ClF6N2O/c1-11-9-14(12(2)30(11)18-6-4-3-5-15(18)20(23,24)25)19(31)29-13-7-8-17(22)16(10-13)21(26,27)28/h3-10H,1-2H3,(H,29,31). The Morgan fingerprint density at radius 1 is 0.903 bits per heavy atom. The van der Waals surface area contributed by atoms with E-state index in [1.54, 1.807) is 0 Å². The number of para-hydroxylation sites is 1. The zero-order chi connectivity index (χ0) is 23.1. The van der Waals surface area contributed by atoms with Gasteiger partial charge in [-0.3, -0.25) is 4.79 Å². The van der Waals surface area contributed by atoms with Gasteiger partial charge in [-0.1, -0.05) is 23.7 Å². The van der Waals surface area contributed by atoms with Crippen LogP contribution in [0.25, 0.3) is 5.69 Å². The number of aryl methyl sites for hydroxylation is 1. The van der Waals surface area contributed by atoms with Crippen molar-refractivity contribution >= 4 is 23.2 Å². The van der Waals surface area contributed by atoms with Crippen molar-refractivity contribution in [2.75, 3.05) is 5.32 Å². The fourth-order valence-electron chi connectivity index (χ4n) is 3.29. The summed E-state index contributed by atoms with van der Waals surface area (Å²) in [4.78, 5) is 12.7. The predicted molar refractivity (Wildman–Crippen MR) is 105 cm³/mol. The minimum absolute atomic E-state index is 0.0259. The molecule has 1 amide bonds. The Bertz CT molecular complexity index is 1150. The topological polar surface area (TPSA) is 34.0 Å². The lowest BCUT2D eigenvalue weighted by Crippen LogP contribution is -2.15. The number of hydrogen-bond donors (Lipinski definition) is 1. The van der Waals surface area contributed by atoms with E-state index in [4.69, 9.17) is 11.6 Å². The first-order chi connectivity index (χ1) is 14.3. The third-order valence-corrected chi connectivity index (χ3v) is 4.99. The Morgan fingerprint density at radius 2 is 1.52 bits per heavy atom. The van der Waals surface area contributed by atoms with Crippen LogP contribution in [0.15, 0.2) is 48.5 Å². The highest BCUT2D eigenvalue weighted by molar-refractivity contribution is 6.31. The summed E-state index contributed by atoms with van der Waals surface area (Å²) in [6.07, 6.45) is -9.32. The molecular weight excluding hydrogens is 446 g/mol. The van der Waals surface area contributed by atoms with Gasteiger partial charge in [0.2, 0.25) is 0 Å². The van der Waals surface area contributed by atoms with Crippen LogP contribution in [0.3, 0.4) is 0 Å². The summed E-state index contributed by atoms with van der Waals surface area (Å²) in [7, 11) is 0.